The Labute approximate surface area is 113 Å². The molecule has 3 unspecified atom stereocenters. The first kappa shape index (κ1) is 14.3. The molecule has 0 spiro atoms. The normalized spacial score (nSPS) is 31.7. The van der Waals surface area contributed by atoms with Gasteiger partial charge in [-0.3, -0.25) is 0 Å². The largest absolute Gasteiger partial charge is 0.376 e. The number of nitrogens with one attached hydrogen (secondary N) is 1. The first-order chi connectivity index (χ1) is 8.81. The number of hydrogen-bond acceptors (Lipinski definition) is 2. The molecule has 1 N–H and O–H groups in total. The molecule has 1 saturated heterocycles. The molecular formula is C16H31NO. The van der Waals surface area contributed by atoms with Crippen molar-refractivity contribution in [2.45, 2.75) is 77.4 Å². The highest BCUT2D eigenvalue weighted by Crippen LogP contribution is 2.30. The first-order valence-electron chi connectivity index (χ1n) is 8.16. The van der Waals surface area contributed by atoms with Gasteiger partial charge in [-0.25, -0.2) is 0 Å². The second-order valence-corrected chi connectivity index (χ2v) is 6.35. The van der Waals surface area contributed by atoms with Gasteiger partial charge in [0.1, 0.15) is 0 Å². The summed E-state index contributed by atoms with van der Waals surface area (Å²) in [4.78, 5) is 0. The van der Waals surface area contributed by atoms with Crippen molar-refractivity contribution in [2.75, 3.05) is 13.2 Å². The van der Waals surface area contributed by atoms with Crippen molar-refractivity contribution in [2.24, 2.45) is 11.8 Å². The van der Waals surface area contributed by atoms with Crippen molar-refractivity contribution < 1.29 is 4.74 Å². The van der Waals surface area contributed by atoms with Gasteiger partial charge in [-0.2, -0.15) is 0 Å². The number of ether oxygens (including phenoxy) is 1. The number of rotatable bonds is 6. The number of hydrogen-bond donors (Lipinski definition) is 1. The van der Waals surface area contributed by atoms with Gasteiger partial charge in [-0.15, -0.1) is 0 Å². The summed E-state index contributed by atoms with van der Waals surface area (Å²) >= 11 is 0. The summed E-state index contributed by atoms with van der Waals surface area (Å²) in [6.07, 6.45) is 11.8. The van der Waals surface area contributed by atoms with Gasteiger partial charge in [0, 0.05) is 12.6 Å². The molecule has 2 rings (SSSR count). The van der Waals surface area contributed by atoms with E-state index in [9.17, 15) is 0 Å². The molecule has 2 heteroatoms. The highest BCUT2D eigenvalue weighted by atomic mass is 16.5. The molecule has 2 nitrogen and oxygen atoms in total. The van der Waals surface area contributed by atoms with Crippen LogP contribution in [0.15, 0.2) is 0 Å². The zero-order valence-electron chi connectivity index (χ0n) is 12.3. The van der Waals surface area contributed by atoms with Crippen LogP contribution in [0, 0.1) is 11.8 Å². The fourth-order valence-corrected chi connectivity index (χ4v) is 3.77. The van der Waals surface area contributed by atoms with Crippen LogP contribution in [0.5, 0.6) is 0 Å². The number of likely N-dealkylation sites (N-methyl/N-ethyl adjacent to an activating group) is 1. The van der Waals surface area contributed by atoms with Gasteiger partial charge >= 0.3 is 0 Å². The quantitative estimate of drug-likeness (QED) is 0.778. The summed E-state index contributed by atoms with van der Waals surface area (Å²) in [5.74, 6) is 1.73. The molecule has 2 fully saturated rings. The molecule has 0 aromatic rings. The minimum Gasteiger partial charge on any atom is -0.376 e. The van der Waals surface area contributed by atoms with E-state index in [2.05, 4.69) is 19.2 Å². The maximum atomic E-state index is 5.96. The van der Waals surface area contributed by atoms with Crippen molar-refractivity contribution in [3.8, 4) is 0 Å². The second-order valence-electron chi connectivity index (χ2n) is 6.35. The van der Waals surface area contributed by atoms with Crippen LogP contribution >= 0.6 is 0 Å². The van der Waals surface area contributed by atoms with Crippen LogP contribution in [0.25, 0.3) is 0 Å². The molecule has 18 heavy (non-hydrogen) atoms. The SMILES string of the molecule is CCNC(CCC1CCCCC1)C1OCCC1C. The Bertz CT molecular complexity index is 225. The summed E-state index contributed by atoms with van der Waals surface area (Å²) in [6.45, 7) is 6.61. The Balaban J connectivity index is 1.77. The molecule has 0 aromatic carbocycles. The van der Waals surface area contributed by atoms with Crippen LogP contribution in [-0.2, 0) is 4.74 Å². The zero-order valence-corrected chi connectivity index (χ0v) is 12.3. The van der Waals surface area contributed by atoms with Crippen molar-refractivity contribution in [1.29, 1.82) is 0 Å². The summed E-state index contributed by atoms with van der Waals surface area (Å²) in [5.41, 5.74) is 0. The molecule has 0 bridgehead atoms. The molecule has 2 aliphatic rings. The molecule has 0 radical (unpaired) electrons. The molecular weight excluding hydrogens is 222 g/mol. The lowest BCUT2D eigenvalue weighted by atomic mass is 9.83. The lowest BCUT2D eigenvalue weighted by molar-refractivity contribution is 0.0559. The predicted molar refractivity (Wildman–Crippen MR) is 76.8 cm³/mol. The third kappa shape index (κ3) is 3.96. The van der Waals surface area contributed by atoms with E-state index in [1.807, 2.05) is 0 Å². The van der Waals surface area contributed by atoms with Crippen LogP contribution in [-0.4, -0.2) is 25.3 Å². The van der Waals surface area contributed by atoms with Gasteiger partial charge in [0.2, 0.25) is 0 Å². The van der Waals surface area contributed by atoms with E-state index >= 15 is 0 Å². The smallest absolute Gasteiger partial charge is 0.0754 e. The lowest BCUT2D eigenvalue weighted by Gasteiger charge is -2.29. The second kappa shape index (κ2) is 7.49. The predicted octanol–water partition coefficient (Wildman–Crippen LogP) is 3.75. The van der Waals surface area contributed by atoms with Crippen LogP contribution in [0.2, 0.25) is 0 Å². The van der Waals surface area contributed by atoms with E-state index in [4.69, 9.17) is 4.74 Å². The third-order valence-corrected chi connectivity index (χ3v) is 4.92. The van der Waals surface area contributed by atoms with Crippen molar-refractivity contribution in [1.82, 2.24) is 5.32 Å². The van der Waals surface area contributed by atoms with E-state index in [1.165, 1.54) is 51.4 Å². The molecule has 1 aliphatic heterocycles. The monoisotopic (exact) mass is 253 g/mol. The standard InChI is InChI=1S/C16H31NO/c1-3-17-15(16-13(2)11-12-18-16)10-9-14-7-5-4-6-8-14/h13-17H,3-12H2,1-2H3. The maximum Gasteiger partial charge on any atom is 0.0754 e. The molecule has 1 saturated carbocycles. The first-order valence-corrected chi connectivity index (χ1v) is 8.16. The highest BCUT2D eigenvalue weighted by molar-refractivity contribution is 4.85. The fraction of sp³-hybridized carbons (Fsp3) is 1.00. The van der Waals surface area contributed by atoms with E-state index in [-0.39, 0.29) is 0 Å². The Morgan fingerprint density at radius 3 is 2.56 bits per heavy atom. The summed E-state index contributed by atoms with van der Waals surface area (Å²) in [7, 11) is 0. The maximum absolute atomic E-state index is 5.96. The Morgan fingerprint density at radius 2 is 1.94 bits per heavy atom. The third-order valence-electron chi connectivity index (χ3n) is 4.92. The van der Waals surface area contributed by atoms with Gasteiger partial charge in [0.05, 0.1) is 6.10 Å². The fourth-order valence-electron chi connectivity index (χ4n) is 3.77. The minimum atomic E-state index is 0.466. The average molecular weight is 253 g/mol. The average Bonchev–Trinajstić information content (AvgIpc) is 2.82. The van der Waals surface area contributed by atoms with Gasteiger partial charge in [-0.05, 0) is 37.6 Å². The van der Waals surface area contributed by atoms with Crippen molar-refractivity contribution in [3.05, 3.63) is 0 Å². The van der Waals surface area contributed by atoms with Crippen LogP contribution in [0.3, 0.4) is 0 Å². The highest BCUT2D eigenvalue weighted by Gasteiger charge is 2.31. The van der Waals surface area contributed by atoms with E-state index in [1.54, 1.807) is 0 Å². The van der Waals surface area contributed by atoms with E-state index < -0.39 is 0 Å². The van der Waals surface area contributed by atoms with Crippen molar-refractivity contribution in [3.63, 3.8) is 0 Å². The van der Waals surface area contributed by atoms with Gasteiger partial charge in [0.25, 0.3) is 0 Å². The van der Waals surface area contributed by atoms with Gasteiger partial charge < -0.3 is 10.1 Å². The summed E-state index contributed by atoms with van der Waals surface area (Å²) in [6, 6.07) is 0.592. The molecule has 3 atom stereocenters. The Kier molecular flexibility index (Phi) is 5.97. The van der Waals surface area contributed by atoms with Crippen LogP contribution in [0.1, 0.15) is 65.2 Å². The minimum absolute atomic E-state index is 0.466. The van der Waals surface area contributed by atoms with Gasteiger partial charge in [0.15, 0.2) is 0 Å². The molecule has 0 aromatic heterocycles. The van der Waals surface area contributed by atoms with Crippen LogP contribution < -0.4 is 5.32 Å². The topological polar surface area (TPSA) is 21.3 Å². The van der Waals surface area contributed by atoms with E-state index in [0.29, 0.717) is 12.1 Å². The Hall–Kier alpha value is -0.0800. The molecule has 1 aliphatic carbocycles. The molecule has 0 amide bonds. The van der Waals surface area contributed by atoms with Gasteiger partial charge in [-0.1, -0.05) is 46.0 Å². The Morgan fingerprint density at radius 1 is 1.17 bits per heavy atom. The van der Waals surface area contributed by atoms with E-state index in [0.717, 1.165) is 25.0 Å². The zero-order chi connectivity index (χ0) is 12.8. The van der Waals surface area contributed by atoms with Crippen LogP contribution in [0.4, 0.5) is 0 Å². The summed E-state index contributed by atoms with van der Waals surface area (Å²) in [5, 5.41) is 3.67. The summed E-state index contributed by atoms with van der Waals surface area (Å²) < 4.78 is 5.96. The lowest BCUT2D eigenvalue weighted by Crippen LogP contribution is -2.42. The molecule has 106 valence electrons. The molecule has 1 heterocycles. The van der Waals surface area contributed by atoms with Crippen molar-refractivity contribution >= 4 is 0 Å².